The summed E-state index contributed by atoms with van der Waals surface area (Å²) >= 11 is 0. The van der Waals surface area contributed by atoms with Crippen LogP contribution in [0.4, 0.5) is 23.0 Å². The van der Waals surface area contributed by atoms with Gasteiger partial charge in [-0.3, -0.25) is 4.72 Å². The number of rotatable bonds is 8. The highest BCUT2D eigenvalue weighted by Gasteiger charge is 2.19. The third-order valence-corrected chi connectivity index (χ3v) is 6.33. The van der Waals surface area contributed by atoms with Crippen LogP contribution in [-0.4, -0.2) is 32.0 Å². The average molecular weight is 442 g/mol. The lowest BCUT2D eigenvalue weighted by molar-refractivity contribution is 0.411. The van der Waals surface area contributed by atoms with E-state index in [-0.39, 0.29) is 4.90 Å². The Bertz CT molecular complexity index is 1180. The molecule has 0 saturated carbocycles. The normalized spacial score (nSPS) is 11.1. The van der Waals surface area contributed by atoms with Crippen molar-refractivity contribution in [3.8, 4) is 5.75 Å². The molecule has 0 aliphatic heterocycles. The van der Waals surface area contributed by atoms with E-state index in [4.69, 9.17) is 4.74 Å². The van der Waals surface area contributed by atoms with E-state index in [0.717, 1.165) is 23.6 Å². The third kappa shape index (κ3) is 5.24. The number of sulfonamides is 1. The molecule has 3 N–H and O–H groups in total. The number of methoxy groups -OCH3 is 1. The van der Waals surface area contributed by atoms with Crippen LogP contribution in [0.15, 0.2) is 47.4 Å². The Hall–Kier alpha value is -3.33. The molecule has 0 atom stereocenters. The molecule has 31 heavy (non-hydrogen) atoms. The molecule has 0 aliphatic carbocycles. The lowest BCUT2D eigenvalue weighted by Gasteiger charge is -2.15. The molecule has 3 rings (SSSR count). The van der Waals surface area contributed by atoms with Crippen molar-refractivity contribution in [3.05, 3.63) is 59.4 Å². The molecule has 0 saturated heterocycles. The molecule has 0 amide bonds. The quantitative estimate of drug-likeness (QED) is 0.476. The second kappa shape index (κ2) is 9.22. The van der Waals surface area contributed by atoms with E-state index >= 15 is 0 Å². The zero-order chi connectivity index (χ0) is 22.6. The first-order chi connectivity index (χ1) is 14.7. The first-order valence-corrected chi connectivity index (χ1v) is 11.4. The monoisotopic (exact) mass is 441 g/mol. The topological polar surface area (TPSA) is 105 Å². The van der Waals surface area contributed by atoms with Crippen LogP contribution in [-0.2, 0) is 10.0 Å². The molecule has 9 heteroatoms. The van der Waals surface area contributed by atoms with Crippen LogP contribution < -0.4 is 20.1 Å². The molecular formula is C22H27N5O3S. The Morgan fingerprint density at radius 3 is 2.19 bits per heavy atom. The number of nitrogens with zero attached hydrogens (tertiary/aromatic N) is 2. The van der Waals surface area contributed by atoms with Gasteiger partial charge < -0.3 is 15.4 Å². The molecule has 0 bridgehead atoms. The van der Waals surface area contributed by atoms with Crippen LogP contribution in [0.25, 0.3) is 0 Å². The van der Waals surface area contributed by atoms with Gasteiger partial charge in [0.25, 0.3) is 10.0 Å². The molecule has 0 unspecified atom stereocenters. The fraction of sp³-hybridized carbons (Fsp3) is 0.273. The SMILES string of the molecule is CCNc1cc(Nc2ccc(NS(=O)(=O)c3ccc(OC)c(C)c3C)cc2)nc(C)n1. The Morgan fingerprint density at radius 1 is 0.903 bits per heavy atom. The number of aromatic nitrogens is 2. The van der Waals surface area contributed by atoms with Gasteiger partial charge >= 0.3 is 0 Å². The van der Waals surface area contributed by atoms with Crippen molar-refractivity contribution in [3.63, 3.8) is 0 Å². The fourth-order valence-electron chi connectivity index (χ4n) is 3.17. The van der Waals surface area contributed by atoms with Crippen molar-refractivity contribution in [2.24, 2.45) is 0 Å². The Morgan fingerprint density at radius 2 is 1.55 bits per heavy atom. The maximum absolute atomic E-state index is 12.9. The molecule has 0 aliphatic rings. The average Bonchev–Trinajstić information content (AvgIpc) is 2.71. The highest BCUT2D eigenvalue weighted by Crippen LogP contribution is 2.28. The summed E-state index contributed by atoms with van der Waals surface area (Å²) in [7, 11) is -2.17. The summed E-state index contributed by atoms with van der Waals surface area (Å²) in [6.07, 6.45) is 0. The molecule has 1 heterocycles. The maximum atomic E-state index is 12.9. The summed E-state index contributed by atoms with van der Waals surface area (Å²) in [6, 6.07) is 12.0. The van der Waals surface area contributed by atoms with Gasteiger partial charge in [0.2, 0.25) is 0 Å². The molecule has 1 aromatic heterocycles. The molecule has 164 valence electrons. The molecule has 0 fully saturated rings. The van der Waals surface area contributed by atoms with E-state index in [2.05, 4.69) is 25.3 Å². The minimum absolute atomic E-state index is 0.223. The van der Waals surface area contributed by atoms with Gasteiger partial charge in [0.1, 0.15) is 23.2 Å². The number of anilines is 4. The minimum atomic E-state index is -3.74. The van der Waals surface area contributed by atoms with Crippen LogP contribution in [0.3, 0.4) is 0 Å². The van der Waals surface area contributed by atoms with Gasteiger partial charge in [0, 0.05) is 24.0 Å². The van der Waals surface area contributed by atoms with E-state index in [1.807, 2.05) is 26.8 Å². The van der Waals surface area contributed by atoms with Crippen molar-refractivity contribution < 1.29 is 13.2 Å². The van der Waals surface area contributed by atoms with E-state index in [1.165, 1.54) is 0 Å². The number of hydrogen-bond acceptors (Lipinski definition) is 7. The Balaban J connectivity index is 1.77. The second-order valence-corrected chi connectivity index (χ2v) is 8.69. The standard InChI is InChI=1S/C22H27N5O3S/c1-6-23-21-13-22(25-16(4)24-21)26-17-7-9-18(10-8-17)27-31(28,29)20-12-11-19(30-5)14(2)15(20)3/h7-13,27H,6H2,1-5H3,(H2,23,24,25,26). The Kier molecular flexibility index (Phi) is 6.65. The Labute approximate surface area is 183 Å². The van der Waals surface area contributed by atoms with Crippen molar-refractivity contribution in [2.45, 2.75) is 32.6 Å². The highest BCUT2D eigenvalue weighted by atomic mass is 32.2. The first kappa shape index (κ1) is 22.4. The summed E-state index contributed by atoms with van der Waals surface area (Å²) in [6.45, 7) is 8.19. The number of nitrogens with one attached hydrogen (secondary N) is 3. The van der Waals surface area contributed by atoms with Gasteiger partial charge in [-0.1, -0.05) is 0 Å². The molecule has 2 aromatic carbocycles. The van der Waals surface area contributed by atoms with Gasteiger partial charge in [-0.15, -0.1) is 0 Å². The van der Waals surface area contributed by atoms with Gasteiger partial charge in [0.15, 0.2) is 0 Å². The molecule has 0 spiro atoms. The largest absolute Gasteiger partial charge is 0.496 e. The number of hydrogen-bond donors (Lipinski definition) is 3. The predicted molar refractivity (Wildman–Crippen MR) is 124 cm³/mol. The molecule has 3 aromatic rings. The van der Waals surface area contributed by atoms with E-state index in [0.29, 0.717) is 28.6 Å². The number of aryl methyl sites for hydroxylation is 1. The lowest BCUT2D eigenvalue weighted by atomic mass is 10.1. The predicted octanol–water partition coefficient (Wildman–Crippen LogP) is 4.39. The van der Waals surface area contributed by atoms with Crippen LogP contribution >= 0.6 is 0 Å². The lowest BCUT2D eigenvalue weighted by Crippen LogP contribution is -2.15. The zero-order valence-electron chi connectivity index (χ0n) is 18.3. The van der Waals surface area contributed by atoms with E-state index < -0.39 is 10.0 Å². The molecular weight excluding hydrogens is 414 g/mol. The molecule has 0 radical (unpaired) electrons. The van der Waals surface area contributed by atoms with Crippen LogP contribution in [0, 0.1) is 20.8 Å². The summed E-state index contributed by atoms with van der Waals surface area (Å²) in [5, 5.41) is 6.38. The van der Waals surface area contributed by atoms with Crippen molar-refractivity contribution >= 4 is 33.0 Å². The first-order valence-electron chi connectivity index (χ1n) is 9.87. The summed E-state index contributed by atoms with van der Waals surface area (Å²) in [4.78, 5) is 8.93. The van der Waals surface area contributed by atoms with Gasteiger partial charge in [-0.25, -0.2) is 18.4 Å². The second-order valence-electron chi connectivity index (χ2n) is 7.04. The zero-order valence-corrected chi connectivity index (χ0v) is 19.1. The van der Waals surface area contributed by atoms with Crippen molar-refractivity contribution in [1.29, 1.82) is 0 Å². The highest BCUT2D eigenvalue weighted by molar-refractivity contribution is 7.92. The minimum Gasteiger partial charge on any atom is -0.496 e. The number of ether oxygens (including phenoxy) is 1. The fourth-order valence-corrected chi connectivity index (χ4v) is 4.53. The van der Waals surface area contributed by atoms with Crippen molar-refractivity contribution in [2.75, 3.05) is 29.0 Å². The smallest absolute Gasteiger partial charge is 0.262 e. The van der Waals surface area contributed by atoms with E-state index in [1.54, 1.807) is 50.4 Å². The summed E-state index contributed by atoms with van der Waals surface area (Å²) in [5.74, 6) is 2.70. The van der Waals surface area contributed by atoms with Gasteiger partial charge in [-0.05, 0) is 75.2 Å². The molecule has 8 nitrogen and oxygen atoms in total. The summed E-state index contributed by atoms with van der Waals surface area (Å²) in [5.41, 5.74) is 2.69. The number of benzene rings is 2. The van der Waals surface area contributed by atoms with Crippen LogP contribution in [0.1, 0.15) is 23.9 Å². The van der Waals surface area contributed by atoms with Crippen LogP contribution in [0.5, 0.6) is 5.75 Å². The maximum Gasteiger partial charge on any atom is 0.262 e. The van der Waals surface area contributed by atoms with Gasteiger partial charge in [-0.2, -0.15) is 0 Å². The van der Waals surface area contributed by atoms with Crippen molar-refractivity contribution in [1.82, 2.24) is 9.97 Å². The van der Waals surface area contributed by atoms with Gasteiger partial charge in [0.05, 0.1) is 12.0 Å². The van der Waals surface area contributed by atoms with Crippen LogP contribution in [0.2, 0.25) is 0 Å². The van der Waals surface area contributed by atoms with E-state index in [9.17, 15) is 8.42 Å². The summed E-state index contributed by atoms with van der Waals surface area (Å²) < 4.78 is 33.7. The third-order valence-electron chi connectivity index (χ3n) is 4.80.